The van der Waals surface area contributed by atoms with Gasteiger partial charge < -0.3 is 9.47 Å². The largest absolute Gasteiger partial charge is 0.353 e. The van der Waals surface area contributed by atoms with Gasteiger partial charge in [-0.3, -0.25) is 4.98 Å². The van der Waals surface area contributed by atoms with Crippen molar-refractivity contribution in [2.75, 3.05) is 13.2 Å². The van der Waals surface area contributed by atoms with Gasteiger partial charge in [0.25, 0.3) is 0 Å². The molecule has 2 rings (SSSR count). The van der Waals surface area contributed by atoms with Gasteiger partial charge in [-0.2, -0.15) is 0 Å². The molecule has 0 aromatic carbocycles. The van der Waals surface area contributed by atoms with E-state index in [0.29, 0.717) is 0 Å². The molecule has 114 valence electrons. The van der Waals surface area contributed by atoms with Crippen LogP contribution in [-0.2, 0) is 9.47 Å². The summed E-state index contributed by atoms with van der Waals surface area (Å²) < 4.78 is 11.2. The highest BCUT2D eigenvalue weighted by atomic mass is 16.7. The minimum Gasteiger partial charge on any atom is -0.353 e. The SMILES string of the molecule is C(#Cc1ccncc1)CCCCCCOC1CCCCO1. The van der Waals surface area contributed by atoms with Crippen molar-refractivity contribution in [2.24, 2.45) is 0 Å². The van der Waals surface area contributed by atoms with Gasteiger partial charge in [0.15, 0.2) is 6.29 Å². The number of pyridine rings is 1. The lowest BCUT2D eigenvalue weighted by Crippen LogP contribution is -2.22. The van der Waals surface area contributed by atoms with Gasteiger partial charge in [-0.15, -0.1) is 0 Å². The Balaban J connectivity index is 1.42. The van der Waals surface area contributed by atoms with Gasteiger partial charge in [0, 0.05) is 37.6 Å². The Morgan fingerprint density at radius 1 is 1.14 bits per heavy atom. The fourth-order valence-corrected chi connectivity index (χ4v) is 2.33. The van der Waals surface area contributed by atoms with E-state index >= 15 is 0 Å². The minimum absolute atomic E-state index is 0.0602. The van der Waals surface area contributed by atoms with Crippen LogP contribution in [-0.4, -0.2) is 24.5 Å². The van der Waals surface area contributed by atoms with E-state index in [-0.39, 0.29) is 6.29 Å². The Morgan fingerprint density at radius 2 is 2.00 bits per heavy atom. The summed E-state index contributed by atoms with van der Waals surface area (Å²) in [7, 11) is 0. The lowest BCUT2D eigenvalue weighted by atomic mass is 10.1. The van der Waals surface area contributed by atoms with Gasteiger partial charge in [0.2, 0.25) is 0 Å². The van der Waals surface area contributed by atoms with E-state index in [2.05, 4.69) is 16.8 Å². The number of hydrogen-bond donors (Lipinski definition) is 0. The van der Waals surface area contributed by atoms with Crippen molar-refractivity contribution in [1.29, 1.82) is 0 Å². The first kappa shape index (κ1) is 16.0. The molecule has 3 nitrogen and oxygen atoms in total. The summed E-state index contributed by atoms with van der Waals surface area (Å²) >= 11 is 0. The Morgan fingerprint density at radius 3 is 2.81 bits per heavy atom. The van der Waals surface area contributed by atoms with Crippen LogP contribution in [0.3, 0.4) is 0 Å². The molecule has 1 atom stereocenters. The number of ether oxygens (including phenoxy) is 2. The standard InChI is InChI=1S/C18H25NO2/c1(3-5-9-17-11-13-19-14-12-17)2-4-7-15-20-18-10-6-8-16-21-18/h11-14,18H,1-4,6-8,10,15-16H2. The highest BCUT2D eigenvalue weighted by molar-refractivity contribution is 5.31. The lowest BCUT2D eigenvalue weighted by Gasteiger charge is -2.22. The van der Waals surface area contributed by atoms with E-state index in [0.717, 1.165) is 44.5 Å². The van der Waals surface area contributed by atoms with Crippen molar-refractivity contribution in [2.45, 2.75) is 57.7 Å². The summed E-state index contributed by atoms with van der Waals surface area (Å²) in [4.78, 5) is 3.98. The van der Waals surface area contributed by atoms with Crippen LogP contribution in [0.4, 0.5) is 0 Å². The molecule has 0 radical (unpaired) electrons. The average molecular weight is 287 g/mol. The summed E-state index contributed by atoms with van der Waals surface area (Å²) in [6.45, 7) is 1.69. The zero-order valence-electron chi connectivity index (χ0n) is 12.7. The highest BCUT2D eigenvalue weighted by Gasteiger charge is 2.13. The van der Waals surface area contributed by atoms with Gasteiger partial charge in [-0.05, 0) is 44.2 Å². The molecular formula is C18H25NO2. The molecule has 1 unspecified atom stereocenters. The number of rotatable bonds is 7. The Labute approximate surface area is 128 Å². The quantitative estimate of drug-likeness (QED) is 0.562. The molecule has 0 aliphatic carbocycles. The molecule has 1 aliphatic rings. The topological polar surface area (TPSA) is 31.4 Å². The van der Waals surface area contributed by atoms with Crippen LogP contribution in [0.2, 0.25) is 0 Å². The third-order valence-electron chi connectivity index (χ3n) is 3.55. The molecule has 1 aromatic rings. The van der Waals surface area contributed by atoms with Crippen LogP contribution in [0.1, 0.15) is 56.9 Å². The maximum absolute atomic E-state index is 5.71. The van der Waals surface area contributed by atoms with Gasteiger partial charge in [0.05, 0.1) is 0 Å². The first-order valence-corrected chi connectivity index (χ1v) is 8.07. The van der Waals surface area contributed by atoms with Gasteiger partial charge in [0.1, 0.15) is 0 Å². The van der Waals surface area contributed by atoms with Gasteiger partial charge in [-0.1, -0.05) is 24.7 Å². The predicted molar refractivity (Wildman–Crippen MR) is 83.7 cm³/mol. The summed E-state index contributed by atoms with van der Waals surface area (Å²) in [5.41, 5.74) is 1.05. The van der Waals surface area contributed by atoms with Crippen LogP contribution in [0.5, 0.6) is 0 Å². The summed E-state index contributed by atoms with van der Waals surface area (Å²) in [6.07, 6.45) is 12.8. The molecule has 0 saturated carbocycles. The van der Waals surface area contributed by atoms with Crippen molar-refractivity contribution in [3.05, 3.63) is 30.1 Å². The van der Waals surface area contributed by atoms with Crippen molar-refractivity contribution in [1.82, 2.24) is 4.98 Å². The molecular weight excluding hydrogens is 262 g/mol. The van der Waals surface area contributed by atoms with E-state index in [1.165, 1.54) is 25.7 Å². The van der Waals surface area contributed by atoms with Crippen LogP contribution >= 0.6 is 0 Å². The minimum atomic E-state index is 0.0602. The summed E-state index contributed by atoms with van der Waals surface area (Å²) in [5, 5.41) is 0. The molecule has 1 fully saturated rings. The van der Waals surface area contributed by atoms with Crippen molar-refractivity contribution < 1.29 is 9.47 Å². The third kappa shape index (κ3) is 7.27. The molecule has 0 spiro atoms. The maximum atomic E-state index is 5.71. The molecule has 1 saturated heterocycles. The number of aromatic nitrogens is 1. The molecule has 0 bridgehead atoms. The van der Waals surface area contributed by atoms with E-state index in [9.17, 15) is 0 Å². The fraction of sp³-hybridized carbons (Fsp3) is 0.611. The molecule has 1 aromatic heterocycles. The van der Waals surface area contributed by atoms with E-state index in [4.69, 9.17) is 9.47 Å². The monoisotopic (exact) mass is 287 g/mol. The van der Waals surface area contributed by atoms with E-state index in [1.54, 1.807) is 12.4 Å². The van der Waals surface area contributed by atoms with Crippen molar-refractivity contribution in [3.8, 4) is 11.8 Å². The average Bonchev–Trinajstić information content (AvgIpc) is 2.55. The highest BCUT2D eigenvalue weighted by Crippen LogP contribution is 2.14. The van der Waals surface area contributed by atoms with Crippen molar-refractivity contribution >= 4 is 0 Å². The maximum Gasteiger partial charge on any atom is 0.157 e. The van der Waals surface area contributed by atoms with Crippen LogP contribution in [0.25, 0.3) is 0 Å². The summed E-state index contributed by atoms with van der Waals surface area (Å²) in [6, 6.07) is 3.88. The fourth-order valence-electron chi connectivity index (χ4n) is 2.33. The Hall–Kier alpha value is -1.37. The zero-order valence-corrected chi connectivity index (χ0v) is 12.7. The Bertz CT molecular complexity index is 430. The zero-order chi connectivity index (χ0) is 14.6. The predicted octanol–water partition coefficient (Wildman–Crippen LogP) is 3.93. The summed E-state index contributed by atoms with van der Waals surface area (Å²) in [5.74, 6) is 6.37. The van der Waals surface area contributed by atoms with E-state index in [1.807, 2.05) is 12.1 Å². The number of hydrogen-bond acceptors (Lipinski definition) is 3. The van der Waals surface area contributed by atoms with Gasteiger partial charge in [-0.25, -0.2) is 0 Å². The Kier molecular flexibility index (Phi) is 7.91. The normalized spacial score (nSPS) is 18.0. The number of nitrogens with zero attached hydrogens (tertiary/aromatic N) is 1. The number of unbranched alkanes of at least 4 members (excludes halogenated alkanes) is 4. The second-order valence-electron chi connectivity index (χ2n) is 5.37. The first-order chi connectivity index (χ1) is 10.4. The molecule has 1 aliphatic heterocycles. The molecule has 21 heavy (non-hydrogen) atoms. The molecule has 2 heterocycles. The van der Waals surface area contributed by atoms with Gasteiger partial charge >= 0.3 is 0 Å². The van der Waals surface area contributed by atoms with E-state index < -0.39 is 0 Å². The third-order valence-corrected chi connectivity index (χ3v) is 3.55. The smallest absolute Gasteiger partial charge is 0.157 e. The van der Waals surface area contributed by atoms with Crippen LogP contribution < -0.4 is 0 Å². The van der Waals surface area contributed by atoms with Crippen LogP contribution in [0, 0.1) is 11.8 Å². The molecule has 0 amide bonds. The first-order valence-electron chi connectivity index (χ1n) is 8.07. The molecule has 0 N–H and O–H groups in total. The van der Waals surface area contributed by atoms with Crippen LogP contribution in [0.15, 0.2) is 24.5 Å². The lowest BCUT2D eigenvalue weighted by molar-refractivity contribution is -0.162. The second-order valence-corrected chi connectivity index (χ2v) is 5.37. The second kappa shape index (κ2) is 10.4. The van der Waals surface area contributed by atoms with Crippen molar-refractivity contribution in [3.63, 3.8) is 0 Å². The molecule has 3 heteroatoms.